The van der Waals surface area contributed by atoms with Crippen molar-refractivity contribution in [2.75, 3.05) is 0 Å². The molecule has 1 aromatic carbocycles. The fourth-order valence-electron chi connectivity index (χ4n) is 1.59. The summed E-state index contributed by atoms with van der Waals surface area (Å²) in [6.07, 6.45) is 3.95. The first kappa shape index (κ1) is 14.6. The van der Waals surface area contributed by atoms with Crippen molar-refractivity contribution in [1.29, 1.82) is 0 Å². The predicted octanol–water partition coefficient (Wildman–Crippen LogP) is 5.01. The van der Waals surface area contributed by atoms with Crippen molar-refractivity contribution >= 4 is 38.9 Å². The average molecular weight is 409 g/mol. The van der Waals surface area contributed by atoms with Crippen LogP contribution in [0.2, 0.25) is 0 Å². The number of aliphatic hydroxyl groups is 1. The molecule has 100 valence electrons. The zero-order valence-electron chi connectivity index (χ0n) is 9.87. The summed E-state index contributed by atoms with van der Waals surface area (Å²) in [6.45, 7) is 0. The van der Waals surface area contributed by atoms with Crippen LogP contribution in [0.3, 0.4) is 0 Å². The molecule has 0 spiro atoms. The van der Waals surface area contributed by atoms with Gasteiger partial charge in [-0.1, -0.05) is 41.6 Å². The Balaban J connectivity index is 1.99. The highest BCUT2D eigenvalue weighted by atomic mass is 127. The van der Waals surface area contributed by atoms with Crippen molar-refractivity contribution in [2.24, 2.45) is 0 Å². The molecular formula is C14H11Cl2IO2. The Labute approximate surface area is 127 Å². The first-order valence-corrected chi connectivity index (χ1v) is 10.6. The molecule has 1 heterocycles. The Hall–Kier alpha value is -0.830. The van der Waals surface area contributed by atoms with Crippen LogP contribution in [-0.2, 0) is 15.9 Å². The van der Waals surface area contributed by atoms with E-state index in [-0.39, 0.29) is 0 Å². The zero-order valence-corrected chi connectivity index (χ0v) is 13.5. The van der Waals surface area contributed by atoms with Gasteiger partial charge in [0, 0.05) is 18.9 Å². The second kappa shape index (κ2) is 7.09. The van der Waals surface area contributed by atoms with Gasteiger partial charge in [-0.05, 0) is 23.8 Å². The van der Waals surface area contributed by atoms with Gasteiger partial charge in [-0.3, -0.25) is 0 Å². The van der Waals surface area contributed by atoms with Crippen molar-refractivity contribution in [1.82, 2.24) is 0 Å². The van der Waals surface area contributed by atoms with Gasteiger partial charge in [-0.25, -0.2) is 0 Å². The van der Waals surface area contributed by atoms with Crippen LogP contribution in [0.5, 0.6) is 0 Å². The third-order valence-corrected chi connectivity index (χ3v) is 5.39. The second-order valence-electron chi connectivity index (χ2n) is 3.85. The highest BCUT2D eigenvalue weighted by Gasteiger charge is 2.06. The molecular weight excluding hydrogens is 398 g/mol. The maximum atomic E-state index is 8.57. The van der Waals surface area contributed by atoms with Crippen LogP contribution >= 0.6 is 38.9 Å². The third-order valence-electron chi connectivity index (χ3n) is 2.45. The normalized spacial score (nSPS) is 13.7. The van der Waals surface area contributed by atoms with Gasteiger partial charge in [0.2, 0.25) is 0 Å². The summed E-state index contributed by atoms with van der Waals surface area (Å²) in [5.41, 5.74) is 4.75. The first-order chi connectivity index (χ1) is 9.17. The number of hydrogen-bond acceptors (Lipinski definition) is 2. The summed E-state index contributed by atoms with van der Waals surface area (Å²) in [7, 11) is 5.91. The number of halogens is 3. The Morgan fingerprint density at radius 3 is 2.63 bits per heavy atom. The summed E-state index contributed by atoms with van der Waals surface area (Å²) in [5, 5.41) is 9.04. The Morgan fingerprint density at radius 2 is 2.05 bits per heavy atom. The SMILES string of the molecule is OC=C=C(Cl)Cc1ccc(CC2=CC#I(Cl)O2)cc1. The maximum absolute atomic E-state index is 8.57. The highest BCUT2D eigenvalue weighted by molar-refractivity contribution is 14.2. The standard InChI is InChI=1S/C14H11Cl2IO2/c15-13(6-8-18)9-11-1-3-12(4-2-11)10-14-5-7-17(16)19-14/h1-5,8,18H,9-10H2. The molecule has 0 bridgehead atoms. The minimum Gasteiger partial charge on any atom is -0.507 e. The molecule has 0 aliphatic carbocycles. The van der Waals surface area contributed by atoms with E-state index in [1.165, 1.54) is 0 Å². The number of rotatable bonds is 4. The minimum absolute atomic E-state index is 0.470. The van der Waals surface area contributed by atoms with Gasteiger partial charge in [-0.15, -0.1) is 0 Å². The minimum atomic E-state index is -1.87. The fourth-order valence-corrected chi connectivity index (χ4v) is 4.07. The molecule has 0 amide bonds. The van der Waals surface area contributed by atoms with E-state index < -0.39 is 18.4 Å². The van der Waals surface area contributed by atoms with Gasteiger partial charge in [-0.2, -0.15) is 0 Å². The Bertz CT molecular complexity index is 642. The van der Waals surface area contributed by atoms with Crippen molar-refractivity contribution in [3.8, 4) is 3.81 Å². The molecule has 1 aliphatic heterocycles. The number of benzene rings is 1. The van der Waals surface area contributed by atoms with Crippen LogP contribution in [0.15, 0.2) is 53.1 Å². The van der Waals surface area contributed by atoms with Crippen LogP contribution in [0, 0.1) is 3.81 Å². The molecule has 0 radical (unpaired) electrons. The van der Waals surface area contributed by atoms with Crippen molar-refractivity contribution in [3.63, 3.8) is 0 Å². The first-order valence-electron chi connectivity index (χ1n) is 5.49. The van der Waals surface area contributed by atoms with Crippen LogP contribution < -0.4 is 0 Å². The Morgan fingerprint density at radius 1 is 1.37 bits per heavy atom. The topological polar surface area (TPSA) is 29.5 Å². The van der Waals surface area contributed by atoms with E-state index in [2.05, 4.69) is 9.54 Å². The van der Waals surface area contributed by atoms with Gasteiger partial charge >= 0.3 is 0 Å². The maximum Gasteiger partial charge on any atom is 0.171 e. The predicted molar refractivity (Wildman–Crippen MR) is 86.9 cm³/mol. The lowest BCUT2D eigenvalue weighted by Gasteiger charge is -2.05. The summed E-state index contributed by atoms with van der Waals surface area (Å²) in [4.78, 5) is 0. The molecule has 1 aliphatic rings. The molecule has 0 atom stereocenters. The van der Waals surface area contributed by atoms with Gasteiger partial charge < -0.3 is 8.17 Å². The van der Waals surface area contributed by atoms with Gasteiger partial charge in [0.1, 0.15) is 12.0 Å². The van der Waals surface area contributed by atoms with E-state index in [0.29, 0.717) is 11.5 Å². The molecule has 5 heteroatoms. The van der Waals surface area contributed by atoms with Gasteiger partial charge in [0.25, 0.3) is 0 Å². The van der Waals surface area contributed by atoms with Gasteiger partial charge in [0.15, 0.2) is 18.4 Å². The lowest BCUT2D eigenvalue weighted by atomic mass is 10.1. The second-order valence-corrected chi connectivity index (χ2v) is 8.29. The van der Waals surface area contributed by atoms with Crippen molar-refractivity contribution in [3.05, 3.63) is 64.3 Å². The molecule has 0 unspecified atom stereocenters. The Kier molecular flexibility index (Phi) is 5.44. The molecule has 2 nitrogen and oxygen atoms in total. The largest absolute Gasteiger partial charge is 0.507 e. The molecule has 2 rings (SSSR count). The molecule has 19 heavy (non-hydrogen) atoms. The van der Waals surface area contributed by atoms with Crippen LogP contribution in [-0.4, -0.2) is 5.11 Å². The highest BCUT2D eigenvalue weighted by Crippen LogP contribution is 2.36. The van der Waals surface area contributed by atoms with Crippen LogP contribution in [0.4, 0.5) is 0 Å². The molecule has 0 fully saturated rings. The zero-order chi connectivity index (χ0) is 13.7. The van der Waals surface area contributed by atoms with E-state index in [0.717, 1.165) is 29.6 Å². The molecule has 0 saturated carbocycles. The van der Waals surface area contributed by atoms with E-state index >= 15 is 0 Å². The lowest BCUT2D eigenvalue weighted by Crippen LogP contribution is -1.91. The summed E-state index contributed by atoms with van der Waals surface area (Å²) < 4.78 is 8.52. The third kappa shape index (κ3) is 4.64. The summed E-state index contributed by atoms with van der Waals surface area (Å²) in [5.74, 6) is 0.883. The van der Waals surface area contributed by atoms with Crippen molar-refractivity contribution in [2.45, 2.75) is 12.8 Å². The van der Waals surface area contributed by atoms with Gasteiger partial charge in [0.05, 0.1) is 5.03 Å². The van der Waals surface area contributed by atoms with Crippen molar-refractivity contribution < 1.29 is 8.17 Å². The van der Waals surface area contributed by atoms with E-state index in [1.54, 1.807) is 0 Å². The molecule has 1 N–H and O–H groups in total. The van der Waals surface area contributed by atoms with Crippen LogP contribution in [0.1, 0.15) is 11.1 Å². The lowest BCUT2D eigenvalue weighted by molar-refractivity contribution is 0.474. The molecule has 0 saturated heterocycles. The quantitative estimate of drug-likeness (QED) is 0.431. The van der Waals surface area contributed by atoms with E-state index in [1.807, 2.05) is 30.3 Å². The molecule has 1 aromatic rings. The fraction of sp³-hybridized carbons (Fsp3) is 0.143. The average Bonchev–Trinajstić information content (AvgIpc) is 2.78. The van der Waals surface area contributed by atoms with E-state index in [4.69, 9.17) is 28.7 Å². The number of hydrogen-bond donors (Lipinski definition) is 1. The summed E-state index contributed by atoms with van der Waals surface area (Å²) >= 11 is 4.00. The molecule has 0 aromatic heterocycles. The number of aliphatic hydroxyl groups excluding tert-OH is 1. The summed E-state index contributed by atoms with van der Waals surface area (Å²) in [6, 6.07) is 8.04. The van der Waals surface area contributed by atoms with E-state index in [9.17, 15) is 0 Å². The number of allylic oxidation sites excluding steroid dienone is 3. The smallest absolute Gasteiger partial charge is 0.171 e. The van der Waals surface area contributed by atoms with Crippen LogP contribution in [0.25, 0.3) is 0 Å². The monoisotopic (exact) mass is 408 g/mol.